The monoisotopic (exact) mass is 276 g/mol. The van der Waals surface area contributed by atoms with E-state index in [0.29, 0.717) is 30.2 Å². The normalized spacial score (nSPS) is 10.5. The number of carboxylic acids is 1. The summed E-state index contributed by atoms with van der Waals surface area (Å²) in [7, 11) is 3.29. The molecule has 0 radical (unpaired) electrons. The Kier molecular flexibility index (Phi) is 4.37. The third-order valence-corrected chi connectivity index (χ3v) is 2.72. The Morgan fingerprint density at radius 3 is 2.90 bits per heavy atom. The van der Waals surface area contributed by atoms with Crippen molar-refractivity contribution < 1.29 is 19.4 Å². The van der Waals surface area contributed by atoms with Crippen molar-refractivity contribution >= 4 is 5.97 Å². The van der Waals surface area contributed by atoms with Crippen LogP contribution in [0.1, 0.15) is 10.4 Å². The first kappa shape index (κ1) is 14.1. The zero-order valence-corrected chi connectivity index (χ0v) is 11.4. The van der Waals surface area contributed by atoms with Crippen LogP contribution in [0.5, 0.6) is 5.75 Å². The van der Waals surface area contributed by atoms with E-state index in [0.717, 1.165) is 0 Å². The Morgan fingerprint density at radius 2 is 2.20 bits per heavy atom. The number of ether oxygens (including phenoxy) is 2. The summed E-state index contributed by atoms with van der Waals surface area (Å²) in [5, 5.41) is 13.4. The number of carboxylic acid groups (broad SMARTS) is 1. The van der Waals surface area contributed by atoms with Gasteiger partial charge in [0.2, 0.25) is 0 Å². The molecule has 0 unspecified atom stereocenters. The minimum Gasteiger partial charge on any atom is -0.491 e. The zero-order valence-electron chi connectivity index (χ0n) is 11.4. The predicted molar refractivity (Wildman–Crippen MR) is 73.0 cm³/mol. The van der Waals surface area contributed by atoms with Crippen LogP contribution in [0.3, 0.4) is 0 Å². The molecule has 0 bridgehead atoms. The maximum Gasteiger partial charge on any atom is 0.339 e. The Morgan fingerprint density at radius 1 is 1.40 bits per heavy atom. The molecular formula is C14H16N2O4. The molecule has 0 spiro atoms. The lowest BCUT2D eigenvalue weighted by molar-refractivity contribution is 0.0697. The van der Waals surface area contributed by atoms with Crippen LogP contribution in [0.25, 0.3) is 11.3 Å². The molecule has 2 rings (SSSR count). The van der Waals surface area contributed by atoms with E-state index in [4.69, 9.17) is 9.47 Å². The van der Waals surface area contributed by atoms with Gasteiger partial charge in [0.15, 0.2) is 0 Å². The number of hydrogen-bond donors (Lipinski definition) is 1. The Labute approximate surface area is 116 Å². The zero-order chi connectivity index (χ0) is 14.5. The number of aromatic nitrogens is 2. The first-order valence-corrected chi connectivity index (χ1v) is 6.11. The third-order valence-electron chi connectivity index (χ3n) is 2.72. The van der Waals surface area contributed by atoms with Gasteiger partial charge in [0.1, 0.15) is 23.6 Å². The van der Waals surface area contributed by atoms with Crippen molar-refractivity contribution in [2.45, 2.75) is 0 Å². The van der Waals surface area contributed by atoms with Crippen LogP contribution in [0, 0.1) is 0 Å². The number of nitrogens with zero attached hydrogens (tertiary/aromatic N) is 2. The highest BCUT2D eigenvalue weighted by molar-refractivity contribution is 5.94. The van der Waals surface area contributed by atoms with Crippen molar-refractivity contribution in [3.05, 3.63) is 36.0 Å². The minimum absolute atomic E-state index is 0.168. The van der Waals surface area contributed by atoms with Crippen LogP contribution in [0.15, 0.2) is 30.5 Å². The fourth-order valence-electron chi connectivity index (χ4n) is 1.83. The van der Waals surface area contributed by atoms with Crippen LogP contribution in [0.2, 0.25) is 0 Å². The molecule has 0 atom stereocenters. The second-order valence-corrected chi connectivity index (χ2v) is 4.24. The lowest BCUT2D eigenvalue weighted by Crippen LogP contribution is -2.04. The van der Waals surface area contributed by atoms with Gasteiger partial charge in [-0.1, -0.05) is 12.1 Å². The van der Waals surface area contributed by atoms with Crippen molar-refractivity contribution in [2.24, 2.45) is 7.05 Å². The highest BCUT2D eigenvalue weighted by Crippen LogP contribution is 2.25. The molecule has 6 heteroatoms. The molecule has 20 heavy (non-hydrogen) atoms. The van der Waals surface area contributed by atoms with E-state index in [2.05, 4.69) is 5.10 Å². The number of hydrogen-bond acceptors (Lipinski definition) is 4. The van der Waals surface area contributed by atoms with Crippen LogP contribution < -0.4 is 4.74 Å². The van der Waals surface area contributed by atoms with Gasteiger partial charge in [-0.15, -0.1) is 0 Å². The molecule has 106 valence electrons. The summed E-state index contributed by atoms with van der Waals surface area (Å²) in [4.78, 5) is 11.2. The summed E-state index contributed by atoms with van der Waals surface area (Å²) in [6, 6.07) is 7.18. The molecule has 1 aromatic carbocycles. The van der Waals surface area contributed by atoms with Gasteiger partial charge in [0, 0.05) is 25.9 Å². The topological polar surface area (TPSA) is 73.6 Å². The van der Waals surface area contributed by atoms with E-state index in [1.165, 1.54) is 10.9 Å². The Balaban J connectivity index is 2.29. The maximum absolute atomic E-state index is 11.2. The number of aromatic carboxylic acids is 1. The van der Waals surface area contributed by atoms with Gasteiger partial charge in [0.25, 0.3) is 0 Å². The van der Waals surface area contributed by atoms with Gasteiger partial charge in [-0.25, -0.2) is 4.79 Å². The molecular weight excluding hydrogens is 260 g/mol. The smallest absolute Gasteiger partial charge is 0.339 e. The van der Waals surface area contributed by atoms with E-state index in [9.17, 15) is 9.90 Å². The summed E-state index contributed by atoms with van der Waals surface area (Å²) < 4.78 is 11.9. The number of benzene rings is 1. The van der Waals surface area contributed by atoms with Crippen LogP contribution >= 0.6 is 0 Å². The number of carbonyl (C=O) groups is 1. The van der Waals surface area contributed by atoms with E-state index in [1.54, 1.807) is 32.4 Å². The molecule has 1 N–H and O–H groups in total. The predicted octanol–water partition coefficient (Wildman–Crippen LogP) is 1.81. The fourth-order valence-corrected chi connectivity index (χ4v) is 1.83. The highest BCUT2D eigenvalue weighted by atomic mass is 16.5. The summed E-state index contributed by atoms with van der Waals surface area (Å²) in [5.74, 6) is -0.347. The van der Waals surface area contributed by atoms with Gasteiger partial charge in [-0.3, -0.25) is 4.68 Å². The molecule has 0 fully saturated rings. The van der Waals surface area contributed by atoms with Crippen molar-refractivity contribution in [3.63, 3.8) is 0 Å². The second-order valence-electron chi connectivity index (χ2n) is 4.24. The second kappa shape index (κ2) is 6.21. The third kappa shape index (κ3) is 3.16. The molecule has 6 nitrogen and oxygen atoms in total. The Hall–Kier alpha value is -2.34. The largest absolute Gasteiger partial charge is 0.491 e. The fraction of sp³-hybridized carbons (Fsp3) is 0.286. The quantitative estimate of drug-likeness (QED) is 0.814. The van der Waals surface area contributed by atoms with E-state index in [1.807, 2.05) is 6.07 Å². The number of rotatable bonds is 6. The molecule has 0 aliphatic carbocycles. The molecule has 1 heterocycles. The van der Waals surface area contributed by atoms with Gasteiger partial charge < -0.3 is 14.6 Å². The summed E-state index contributed by atoms with van der Waals surface area (Å²) in [5.41, 5.74) is 1.30. The molecule has 0 aliphatic rings. The van der Waals surface area contributed by atoms with Gasteiger partial charge in [-0.05, 0) is 12.1 Å². The lowest BCUT2D eigenvalue weighted by Gasteiger charge is -2.07. The van der Waals surface area contributed by atoms with Crippen molar-refractivity contribution in [2.75, 3.05) is 20.3 Å². The molecule has 0 aliphatic heterocycles. The average molecular weight is 276 g/mol. The molecule has 0 saturated carbocycles. The van der Waals surface area contributed by atoms with E-state index in [-0.39, 0.29) is 5.56 Å². The summed E-state index contributed by atoms with van der Waals surface area (Å²) in [6.07, 6.45) is 1.48. The van der Waals surface area contributed by atoms with Gasteiger partial charge in [-0.2, -0.15) is 5.10 Å². The summed E-state index contributed by atoms with van der Waals surface area (Å²) >= 11 is 0. The van der Waals surface area contributed by atoms with Gasteiger partial charge >= 0.3 is 5.97 Å². The van der Waals surface area contributed by atoms with Crippen molar-refractivity contribution in [1.29, 1.82) is 0 Å². The first-order chi connectivity index (χ1) is 9.61. The van der Waals surface area contributed by atoms with Crippen molar-refractivity contribution in [3.8, 4) is 17.0 Å². The molecule has 2 aromatic rings. The average Bonchev–Trinajstić information content (AvgIpc) is 2.82. The van der Waals surface area contributed by atoms with Crippen molar-refractivity contribution in [1.82, 2.24) is 9.78 Å². The molecule has 1 aromatic heterocycles. The van der Waals surface area contributed by atoms with Crippen LogP contribution in [-0.2, 0) is 11.8 Å². The standard InChI is InChI=1S/C14H16N2O4/c1-16-9-12(14(17)18)13(15-16)10-4-3-5-11(8-10)20-7-6-19-2/h3-5,8-9H,6-7H2,1-2H3,(H,17,18). The number of aryl methyl sites for hydroxylation is 1. The van der Waals surface area contributed by atoms with Crippen LogP contribution in [0.4, 0.5) is 0 Å². The molecule has 0 amide bonds. The number of methoxy groups -OCH3 is 1. The first-order valence-electron chi connectivity index (χ1n) is 6.11. The maximum atomic E-state index is 11.2. The lowest BCUT2D eigenvalue weighted by atomic mass is 10.1. The van der Waals surface area contributed by atoms with Gasteiger partial charge in [0.05, 0.1) is 6.61 Å². The molecule has 0 saturated heterocycles. The summed E-state index contributed by atoms with van der Waals surface area (Å²) in [6.45, 7) is 0.933. The van der Waals surface area contributed by atoms with Crippen LogP contribution in [-0.4, -0.2) is 41.2 Å². The SMILES string of the molecule is COCCOc1cccc(-c2nn(C)cc2C(=O)O)c1. The highest BCUT2D eigenvalue weighted by Gasteiger charge is 2.16. The van der Waals surface area contributed by atoms with E-state index >= 15 is 0 Å². The Bertz CT molecular complexity index is 607. The van der Waals surface area contributed by atoms with E-state index < -0.39 is 5.97 Å². The minimum atomic E-state index is -1.00.